The zero-order chi connectivity index (χ0) is 6.69. The standard InChI is InChI=1S/C6H6N2S/c1-7-5-3-4-9-6(5)8-2/h3-4H,1-2H2. The van der Waals surface area contributed by atoms with Crippen LogP contribution in [0.4, 0.5) is 10.7 Å². The summed E-state index contributed by atoms with van der Waals surface area (Å²) in [6, 6.07) is 1.86. The zero-order valence-electron chi connectivity index (χ0n) is 4.87. The first-order chi connectivity index (χ1) is 4.38. The summed E-state index contributed by atoms with van der Waals surface area (Å²) in [5, 5.41) is 2.75. The molecule has 0 bridgehead atoms. The van der Waals surface area contributed by atoms with Crippen molar-refractivity contribution in [2.75, 3.05) is 0 Å². The van der Waals surface area contributed by atoms with Gasteiger partial charge in [0.15, 0.2) is 0 Å². The molecule has 9 heavy (non-hydrogen) atoms. The first-order valence-corrected chi connectivity index (χ1v) is 3.27. The van der Waals surface area contributed by atoms with Crippen molar-refractivity contribution >= 4 is 35.5 Å². The molecule has 0 unspecified atom stereocenters. The minimum absolute atomic E-state index is 0.815. The van der Waals surface area contributed by atoms with E-state index in [-0.39, 0.29) is 0 Å². The molecule has 3 heteroatoms. The van der Waals surface area contributed by atoms with E-state index in [2.05, 4.69) is 23.4 Å². The maximum atomic E-state index is 3.74. The highest BCUT2D eigenvalue weighted by Gasteiger charge is 1.95. The number of rotatable bonds is 2. The molecule has 0 saturated heterocycles. The van der Waals surface area contributed by atoms with E-state index in [1.54, 1.807) is 0 Å². The average molecular weight is 138 g/mol. The first kappa shape index (κ1) is 6.16. The third-order valence-corrected chi connectivity index (χ3v) is 1.77. The molecule has 0 aliphatic rings. The molecule has 0 saturated carbocycles. The van der Waals surface area contributed by atoms with Crippen molar-refractivity contribution in [3.63, 3.8) is 0 Å². The second-order valence-corrected chi connectivity index (χ2v) is 2.32. The van der Waals surface area contributed by atoms with E-state index >= 15 is 0 Å². The van der Waals surface area contributed by atoms with Crippen LogP contribution in [0.15, 0.2) is 21.4 Å². The van der Waals surface area contributed by atoms with Crippen LogP contribution in [0.25, 0.3) is 0 Å². The summed E-state index contributed by atoms with van der Waals surface area (Å²) < 4.78 is 0. The van der Waals surface area contributed by atoms with Gasteiger partial charge in [0.2, 0.25) is 0 Å². The normalized spacial score (nSPS) is 8.89. The van der Waals surface area contributed by atoms with E-state index in [1.165, 1.54) is 11.3 Å². The summed E-state index contributed by atoms with van der Waals surface area (Å²) in [4.78, 5) is 7.46. The Kier molecular flexibility index (Phi) is 1.75. The summed E-state index contributed by atoms with van der Waals surface area (Å²) in [5.41, 5.74) is 0.815. The van der Waals surface area contributed by atoms with Gasteiger partial charge in [0.1, 0.15) is 5.00 Å². The predicted octanol–water partition coefficient (Wildman–Crippen LogP) is 2.41. The van der Waals surface area contributed by atoms with Crippen molar-refractivity contribution < 1.29 is 0 Å². The van der Waals surface area contributed by atoms with E-state index in [0.29, 0.717) is 0 Å². The van der Waals surface area contributed by atoms with Crippen molar-refractivity contribution in [3.05, 3.63) is 11.4 Å². The molecule has 0 aliphatic carbocycles. The van der Waals surface area contributed by atoms with Crippen molar-refractivity contribution in [2.24, 2.45) is 9.98 Å². The quantitative estimate of drug-likeness (QED) is 0.561. The molecule has 0 aromatic carbocycles. The Morgan fingerprint density at radius 3 is 2.56 bits per heavy atom. The molecule has 0 amide bonds. The van der Waals surface area contributed by atoms with Crippen LogP contribution in [0, 0.1) is 0 Å². The van der Waals surface area contributed by atoms with E-state index in [0.717, 1.165) is 10.7 Å². The van der Waals surface area contributed by atoms with Crippen LogP contribution in [0.1, 0.15) is 0 Å². The highest BCUT2D eigenvalue weighted by Crippen LogP contribution is 2.32. The number of nitrogens with zero attached hydrogens (tertiary/aromatic N) is 2. The maximum absolute atomic E-state index is 3.74. The van der Waals surface area contributed by atoms with Gasteiger partial charge in [-0.25, -0.2) is 0 Å². The molecule has 46 valence electrons. The monoisotopic (exact) mass is 138 g/mol. The van der Waals surface area contributed by atoms with Crippen molar-refractivity contribution in [1.82, 2.24) is 0 Å². The van der Waals surface area contributed by atoms with E-state index in [1.807, 2.05) is 11.4 Å². The number of hydrogen-bond acceptors (Lipinski definition) is 3. The molecule has 1 aromatic rings. The lowest BCUT2D eigenvalue weighted by Gasteiger charge is -1.84. The first-order valence-electron chi connectivity index (χ1n) is 2.39. The SMILES string of the molecule is C=Nc1ccsc1N=C. The predicted molar refractivity (Wildman–Crippen MR) is 42.7 cm³/mol. The smallest absolute Gasteiger partial charge is 0.140 e. The van der Waals surface area contributed by atoms with Gasteiger partial charge < -0.3 is 0 Å². The lowest BCUT2D eigenvalue weighted by molar-refractivity contribution is 1.57. The fraction of sp³-hybridized carbons (Fsp3) is 0. The molecule has 1 heterocycles. The minimum Gasteiger partial charge on any atom is -0.261 e. The highest BCUT2D eigenvalue weighted by molar-refractivity contribution is 7.14. The second-order valence-electron chi connectivity index (χ2n) is 1.43. The molecule has 0 N–H and O–H groups in total. The molecule has 1 rings (SSSR count). The Bertz CT molecular complexity index is 204. The summed E-state index contributed by atoms with van der Waals surface area (Å²) >= 11 is 1.51. The largest absolute Gasteiger partial charge is 0.261 e. The van der Waals surface area contributed by atoms with Gasteiger partial charge in [-0.2, -0.15) is 0 Å². The van der Waals surface area contributed by atoms with Gasteiger partial charge in [-0.15, -0.1) is 11.3 Å². The molecule has 0 radical (unpaired) electrons. The van der Waals surface area contributed by atoms with Gasteiger partial charge in [-0.05, 0) is 24.9 Å². The van der Waals surface area contributed by atoms with E-state index in [9.17, 15) is 0 Å². The Morgan fingerprint density at radius 1 is 1.33 bits per heavy atom. The lowest BCUT2D eigenvalue weighted by Crippen LogP contribution is -1.50. The topological polar surface area (TPSA) is 24.7 Å². The molecule has 0 spiro atoms. The van der Waals surface area contributed by atoms with Gasteiger partial charge in [0.25, 0.3) is 0 Å². The summed E-state index contributed by atoms with van der Waals surface area (Å²) in [5.74, 6) is 0. The van der Waals surface area contributed by atoms with Crippen molar-refractivity contribution in [3.8, 4) is 0 Å². The Labute approximate surface area is 57.6 Å². The van der Waals surface area contributed by atoms with Crippen LogP contribution in [0.5, 0.6) is 0 Å². The summed E-state index contributed by atoms with van der Waals surface area (Å²) in [6.07, 6.45) is 0. The fourth-order valence-corrected chi connectivity index (χ4v) is 1.19. The van der Waals surface area contributed by atoms with Crippen LogP contribution in [-0.2, 0) is 0 Å². The third kappa shape index (κ3) is 1.05. The van der Waals surface area contributed by atoms with Gasteiger partial charge in [0.05, 0.1) is 5.69 Å². The number of thiophene rings is 1. The number of hydrogen-bond donors (Lipinski definition) is 0. The molecule has 0 atom stereocenters. The van der Waals surface area contributed by atoms with Crippen LogP contribution < -0.4 is 0 Å². The molecule has 2 nitrogen and oxygen atoms in total. The highest BCUT2D eigenvalue weighted by atomic mass is 32.1. The van der Waals surface area contributed by atoms with Crippen molar-refractivity contribution in [2.45, 2.75) is 0 Å². The Balaban J connectivity index is 3.12. The van der Waals surface area contributed by atoms with Crippen LogP contribution in [0.3, 0.4) is 0 Å². The fourth-order valence-electron chi connectivity index (χ4n) is 0.533. The molecule has 0 aliphatic heterocycles. The molecule has 0 fully saturated rings. The summed E-state index contributed by atoms with van der Waals surface area (Å²) in [6.45, 7) is 6.77. The molecular formula is C6H6N2S. The lowest BCUT2D eigenvalue weighted by atomic mass is 10.5. The van der Waals surface area contributed by atoms with Gasteiger partial charge in [0, 0.05) is 0 Å². The average Bonchev–Trinajstić information content (AvgIpc) is 2.33. The molecule has 1 aromatic heterocycles. The Hall–Kier alpha value is -0.960. The van der Waals surface area contributed by atoms with Crippen LogP contribution in [0.2, 0.25) is 0 Å². The maximum Gasteiger partial charge on any atom is 0.140 e. The van der Waals surface area contributed by atoms with Crippen molar-refractivity contribution in [1.29, 1.82) is 0 Å². The van der Waals surface area contributed by atoms with E-state index in [4.69, 9.17) is 0 Å². The summed E-state index contributed by atoms with van der Waals surface area (Å²) in [7, 11) is 0. The van der Waals surface area contributed by atoms with Crippen LogP contribution in [-0.4, -0.2) is 13.4 Å². The zero-order valence-corrected chi connectivity index (χ0v) is 5.69. The Morgan fingerprint density at radius 2 is 2.11 bits per heavy atom. The van der Waals surface area contributed by atoms with Crippen LogP contribution >= 0.6 is 11.3 Å². The van der Waals surface area contributed by atoms with Gasteiger partial charge in [-0.3, -0.25) is 9.98 Å². The molecular weight excluding hydrogens is 132 g/mol. The second kappa shape index (κ2) is 2.55. The van der Waals surface area contributed by atoms with Gasteiger partial charge >= 0.3 is 0 Å². The van der Waals surface area contributed by atoms with Gasteiger partial charge in [-0.1, -0.05) is 0 Å². The minimum atomic E-state index is 0.815. The third-order valence-electron chi connectivity index (χ3n) is 0.939. The van der Waals surface area contributed by atoms with E-state index < -0.39 is 0 Å². The number of aliphatic imine (C=N–C) groups is 2.